The molecule has 1 aliphatic rings. The van der Waals surface area contributed by atoms with Crippen molar-refractivity contribution in [2.24, 2.45) is 0 Å². The maximum atomic E-state index is 5.92. The average molecular weight is 302 g/mol. The molecule has 1 fully saturated rings. The number of rotatable bonds is 6. The average Bonchev–Trinajstić information content (AvgIpc) is 3.32. The summed E-state index contributed by atoms with van der Waals surface area (Å²) in [6, 6.07) is 14.9. The van der Waals surface area contributed by atoms with Gasteiger partial charge in [-0.15, -0.1) is 0 Å². The fraction of sp³-hybridized carbons (Fsp3) is 0.353. The molecule has 0 bridgehead atoms. The Kier molecular flexibility index (Phi) is 4.42. The summed E-state index contributed by atoms with van der Waals surface area (Å²) < 4.78 is 0. The van der Waals surface area contributed by atoms with Crippen LogP contribution in [-0.4, -0.2) is 18.1 Å². The van der Waals surface area contributed by atoms with Crippen LogP contribution in [0.3, 0.4) is 0 Å². The van der Waals surface area contributed by atoms with Crippen LogP contribution in [0.15, 0.2) is 42.5 Å². The van der Waals surface area contributed by atoms with Crippen LogP contribution in [0.2, 0.25) is 5.02 Å². The number of hydrogen-bond acceptors (Lipinski definition) is 3. The minimum absolute atomic E-state index is 0.710. The van der Waals surface area contributed by atoms with E-state index in [-0.39, 0.29) is 0 Å². The summed E-state index contributed by atoms with van der Waals surface area (Å²) in [7, 11) is 2.06. The summed E-state index contributed by atoms with van der Waals surface area (Å²) in [5, 5.41) is 4.27. The molecular weight excluding hydrogens is 282 g/mol. The molecule has 2 aromatic rings. The second-order valence-electron chi connectivity index (χ2n) is 5.62. The lowest BCUT2D eigenvalue weighted by atomic mass is 10.2. The third-order valence-electron chi connectivity index (χ3n) is 3.67. The van der Waals surface area contributed by atoms with Crippen LogP contribution in [0, 0.1) is 0 Å². The molecule has 0 radical (unpaired) electrons. The van der Waals surface area contributed by atoms with E-state index in [2.05, 4.69) is 47.6 Å². The number of aromatic nitrogens is 1. The number of halogens is 1. The molecule has 1 N–H and O–H groups in total. The predicted molar refractivity (Wildman–Crippen MR) is 87.7 cm³/mol. The molecule has 0 unspecified atom stereocenters. The van der Waals surface area contributed by atoms with Crippen molar-refractivity contribution in [1.82, 2.24) is 10.3 Å². The maximum absolute atomic E-state index is 5.92. The van der Waals surface area contributed by atoms with Gasteiger partial charge in [-0.1, -0.05) is 29.8 Å². The van der Waals surface area contributed by atoms with Gasteiger partial charge in [0.15, 0.2) is 0 Å². The van der Waals surface area contributed by atoms with E-state index in [1.807, 2.05) is 12.1 Å². The zero-order valence-electron chi connectivity index (χ0n) is 12.2. The Morgan fingerprint density at radius 3 is 2.67 bits per heavy atom. The van der Waals surface area contributed by atoms with Crippen LogP contribution in [-0.2, 0) is 13.1 Å². The van der Waals surface area contributed by atoms with Gasteiger partial charge in [0.1, 0.15) is 5.82 Å². The topological polar surface area (TPSA) is 28.2 Å². The number of pyridine rings is 1. The molecule has 1 aliphatic carbocycles. The molecule has 110 valence electrons. The molecule has 0 spiro atoms. The van der Waals surface area contributed by atoms with Gasteiger partial charge in [0.2, 0.25) is 0 Å². The van der Waals surface area contributed by atoms with Crippen LogP contribution in [0.25, 0.3) is 0 Å². The molecule has 4 heteroatoms. The largest absolute Gasteiger partial charge is 0.355 e. The van der Waals surface area contributed by atoms with Crippen molar-refractivity contribution in [3.8, 4) is 0 Å². The van der Waals surface area contributed by atoms with Crippen LogP contribution >= 0.6 is 11.6 Å². The molecular formula is C17H20ClN3. The summed E-state index contributed by atoms with van der Waals surface area (Å²) in [4.78, 5) is 6.88. The fourth-order valence-electron chi connectivity index (χ4n) is 2.26. The standard InChI is InChI=1S/C17H20ClN3/c1-21(12-13-5-7-14(18)8-6-13)17-4-2-3-16(20-17)11-19-15-9-10-15/h2-8,15,19H,9-12H2,1H3. The molecule has 3 rings (SSSR count). The molecule has 1 saturated carbocycles. The molecule has 1 aromatic heterocycles. The van der Waals surface area contributed by atoms with E-state index in [0.717, 1.165) is 29.6 Å². The van der Waals surface area contributed by atoms with Gasteiger partial charge in [0.25, 0.3) is 0 Å². The first-order valence-electron chi connectivity index (χ1n) is 7.35. The van der Waals surface area contributed by atoms with Gasteiger partial charge < -0.3 is 10.2 Å². The third kappa shape index (κ3) is 4.19. The maximum Gasteiger partial charge on any atom is 0.128 e. The van der Waals surface area contributed by atoms with Gasteiger partial charge in [0, 0.05) is 31.2 Å². The molecule has 1 heterocycles. The molecule has 0 saturated heterocycles. The first-order valence-corrected chi connectivity index (χ1v) is 7.73. The minimum Gasteiger partial charge on any atom is -0.355 e. The van der Waals surface area contributed by atoms with Gasteiger partial charge in [-0.2, -0.15) is 0 Å². The summed E-state index contributed by atoms with van der Waals surface area (Å²) in [5.41, 5.74) is 2.33. The zero-order valence-corrected chi connectivity index (χ0v) is 13.0. The van der Waals surface area contributed by atoms with E-state index < -0.39 is 0 Å². The Balaban J connectivity index is 1.63. The van der Waals surface area contributed by atoms with Crippen molar-refractivity contribution >= 4 is 17.4 Å². The number of hydrogen-bond donors (Lipinski definition) is 1. The number of benzene rings is 1. The van der Waals surface area contributed by atoms with Crippen molar-refractivity contribution < 1.29 is 0 Å². The van der Waals surface area contributed by atoms with Crippen molar-refractivity contribution in [2.75, 3.05) is 11.9 Å². The molecule has 0 aliphatic heterocycles. The lowest BCUT2D eigenvalue weighted by Gasteiger charge is -2.19. The van der Waals surface area contributed by atoms with Crippen LogP contribution < -0.4 is 10.2 Å². The van der Waals surface area contributed by atoms with Crippen molar-refractivity contribution in [1.29, 1.82) is 0 Å². The van der Waals surface area contributed by atoms with Crippen LogP contribution in [0.5, 0.6) is 0 Å². The highest BCUT2D eigenvalue weighted by Crippen LogP contribution is 2.20. The second kappa shape index (κ2) is 6.46. The van der Waals surface area contributed by atoms with E-state index >= 15 is 0 Å². The quantitative estimate of drug-likeness (QED) is 0.883. The Bertz CT molecular complexity index is 593. The Morgan fingerprint density at radius 1 is 1.19 bits per heavy atom. The Morgan fingerprint density at radius 2 is 1.95 bits per heavy atom. The highest BCUT2D eigenvalue weighted by molar-refractivity contribution is 6.30. The van der Waals surface area contributed by atoms with E-state index in [1.54, 1.807) is 0 Å². The highest BCUT2D eigenvalue weighted by atomic mass is 35.5. The predicted octanol–water partition coefficient (Wildman–Crippen LogP) is 3.62. The Hall–Kier alpha value is -1.58. The lowest BCUT2D eigenvalue weighted by molar-refractivity contribution is 0.673. The Labute approximate surface area is 131 Å². The first kappa shape index (κ1) is 14.4. The first-order chi connectivity index (χ1) is 10.2. The summed E-state index contributed by atoms with van der Waals surface area (Å²) >= 11 is 5.92. The normalized spacial score (nSPS) is 14.2. The number of nitrogens with one attached hydrogen (secondary N) is 1. The van der Waals surface area contributed by atoms with Crippen molar-refractivity contribution in [3.63, 3.8) is 0 Å². The zero-order chi connectivity index (χ0) is 14.7. The van der Waals surface area contributed by atoms with Gasteiger partial charge in [0.05, 0.1) is 5.69 Å². The number of nitrogens with zero attached hydrogens (tertiary/aromatic N) is 2. The van der Waals surface area contributed by atoms with E-state index in [4.69, 9.17) is 16.6 Å². The molecule has 21 heavy (non-hydrogen) atoms. The van der Waals surface area contributed by atoms with E-state index in [1.165, 1.54) is 18.4 Å². The van der Waals surface area contributed by atoms with Crippen LogP contribution in [0.1, 0.15) is 24.1 Å². The molecule has 0 atom stereocenters. The van der Waals surface area contributed by atoms with Crippen molar-refractivity contribution in [3.05, 3.63) is 58.7 Å². The second-order valence-corrected chi connectivity index (χ2v) is 6.06. The summed E-state index contributed by atoms with van der Waals surface area (Å²) in [6.07, 6.45) is 2.60. The summed E-state index contributed by atoms with van der Waals surface area (Å²) in [5.74, 6) is 1.00. The fourth-order valence-corrected chi connectivity index (χ4v) is 2.39. The monoisotopic (exact) mass is 301 g/mol. The molecule has 0 amide bonds. The molecule has 3 nitrogen and oxygen atoms in total. The SMILES string of the molecule is CN(Cc1ccc(Cl)cc1)c1cccc(CNC2CC2)n1. The minimum atomic E-state index is 0.710. The van der Waals surface area contributed by atoms with E-state index in [9.17, 15) is 0 Å². The van der Waals surface area contributed by atoms with Gasteiger partial charge in [-0.3, -0.25) is 0 Å². The summed E-state index contributed by atoms with van der Waals surface area (Å²) in [6.45, 7) is 1.68. The van der Waals surface area contributed by atoms with E-state index in [0.29, 0.717) is 6.04 Å². The third-order valence-corrected chi connectivity index (χ3v) is 3.92. The smallest absolute Gasteiger partial charge is 0.128 e. The van der Waals surface area contributed by atoms with Gasteiger partial charge in [-0.05, 0) is 42.7 Å². The van der Waals surface area contributed by atoms with Gasteiger partial charge >= 0.3 is 0 Å². The van der Waals surface area contributed by atoms with Crippen LogP contribution in [0.4, 0.5) is 5.82 Å². The number of anilines is 1. The van der Waals surface area contributed by atoms with Crippen molar-refractivity contribution in [2.45, 2.75) is 32.0 Å². The lowest BCUT2D eigenvalue weighted by Crippen LogP contribution is -2.20. The molecule has 1 aromatic carbocycles. The highest BCUT2D eigenvalue weighted by Gasteiger charge is 2.20. The van der Waals surface area contributed by atoms with Gasteiger partial charge in [-0.25, -0.2) is 4.98 Å².